The summed E-state index contributed by atoms with van der Waals surface area (Å²) in [5, 5.41) is 8.90. The van der Waals surface area contributed by atoms with Crippen molar-refractivity contribution in [2.45, 2.75) is 13.0 Å². The lowest BCUT2D eigenvalue weighted by atomic mass is 10.2. The van der Waals surface area contributed by atoms with E-state index in [-0.39, 0.29) is 12.5 Å². The predicted octanol–water partition coefficient (Wildman–Crippen LogP) is 2.84. The first-order chi connectivity index (χ1) is 13.2. The van der Waals surface area contributed by atoms with Crippen molar-refractivity contribution < 1.29 is 14.3 Å². The third kappa shape index (κ3) is 4.99. The topological polar surface area (TPSA) is 65.8 Å². The van der Waals surface area contributed by atoms with Gasteiger partial charge in [-0.1, -0.05) is 24.3 Å². The lowest BCUT2D eigenvalue weighted by Gasteiger charge is -2.25. The number of carbonyl (C=O) groups is 1. The van der Waals surface area contributed by atoms with E-state index in [0.29, 0.717) is 32.7 Å². The monoisotopic (exact) mass is 365 g/mol. The molecular weight excluding hydrogens is 342 g/mol. The summed E-state index contributed by atoms with van der Waals surface area (Å²) in [6.07, 6.45) is 0.298. The minimum absolute atomic E-state index is 0.0310. The molecule has 27 heavy (non-hydrogen) atoms. The van der Waals surface area contributed by atoms with Gasteiger partial charge in [0.2, 0.25) is 5.91 Å². The van der Waals surface area contributed by atoms with Crippen LogP contribution in [-0.4, -0.2) is 44.2 Å². The van der Waals surface area contributed by atoms with Crippen molar-refractivity contribution >= 4 is 11.6 Å². The lowest BCUT2D eigenvalue weighted by Crippen LogP contribution is -2.39. The average Bonchev–Trinajstić information content (AvgIpc) is 2.69. The van der Waals surface area contributed by atoms with Gasteiger partial charge in [0.1, 0.15) is 13.2 Å². The second-order valence-corrected chi connectivity index (χ2v) is 6.44. The third-order valence-electron chi connectivity index (χ3n) is 4.28. The van der Waals surface area contributed by atoms with Crippen molar-refractivity contribution in [3.05, 3.63) is 54.1 Å². The fourth-order valence-corrected chi connectivity index (χ4v) is 3.04. The highest BCUT2D eigenvalue weighted by Gasteiger charge is 2.18. The van der Waals surface area contributed by atoms with Crippen LogP contribution in [-0.2, 0) is 11.3 Å². The molecule has 0 aliphatic carbocycles. The smallest absolute Gasteiger partial charge is 0.241 e. The molecule has 3 rings (SSSR count). The van der Waals surface area contributed by atoms with E-state index in [0.717, 1.165) is 22.7 Å². The summed E-state index contributed by atoms with van der Waals surface area (Å²) >= 11 is 0. The maximum atomic E-state index is 12.8. The van der Waals surface area contributed by atoms with Crippen LogP contribution in [0.25, 0.3) is 0 Å². The number of likely N-dealkylation sites (N-methyl/N-ethyl adjacent to an activating group) is 1. The predicted molar refractivity (Wildman–Crippen MR) is 103 cm³/mol. The number of fused-ring (bicyclic) bond motifs is 1. The number of hydrogen-bond acceptors (Lipinski definition) is 5. The van der Waals surface area contributed by atoms with E-state index >= 15 is 0 Å². The van der Waals surface area contributed by atoms with E-state index in [1.54, 1.807) is 4.90 Å². The zero-order valence-corrected chi connectivity index (χ0v) is 15.4. The van der Waals surface area contributed by atoms with Gasteiger partial charge in [-0.2, -0.15) is 5.26 Å². The van der Waals surface area contributed by atoms with E-state index < -0.39 is 0 Å². The average molecular weight is 365 g/mol. The minimum atomic E-state index is -0.0310. The Kier molecular flexibility index (Phi) is 6.29. The Morgan fingerprint density at radius 1 is 1.11 bits per heavy atom. The standard InChI is InChI=1S/C21H23N3O3/c1-23(15-17-8-9-19-20(14-17)27-13-12-26-19)16-21(25)24(11-5-10-22)18-6-3-2-4-7-18/h2-4,6-9,14H,5,11-13,15-16H2,1H3. The highest BCUT2D eigenvalue weighted by Crippen LogP contribution is 2.31. The van der Waals surface area contributed by atoms with Gasteiger partial charge in [0.15, 0.2) is 11.5 Å². The molecule has 0 spiro atoms. The number of nitriles is 1. The molecule has 0 unspecified atom stereocenters. The number of anilines is 1. The van der Waals surface area contributed by atoms with Gasteiger partial charge in [-0.25, -0.2) is 0 Å². The molecule has 2 aromatic rings. The number of para-hydroxylation sites is 1. The molecule has 1 aliphatic rings. The molecule has 1 heterocycles. The number of rotatable bonds is 7. The fraction of sp³-hybridized carbons (Fsp3) is 0.333. The largest absolute Gasteiger partial charge is 0.486 e. The Bertz CT molecular complexity index is 817. The molecule has 0 saturated heterocycles. The maximum Gasteiger partial charge on any atom is 0.241 e. The van der Waals surface area contributed by atoms with Crippen LogP contribution in [0.15, 0.2) is 48.5 Å². The van der Waals surface area contributed by atoms with Crippen molar-refractivity contribution in [2.75, 3.05) is 38.3 Å². The quantitative estimate of drug-likeness (QED) is 0.755. The highest BCUT2D eigenvalue weighted by atomic mass is 16.6. The first kappa shape index (κ1) is 18.7. The summed E-state index contributed by atoms with van der Waals surface area (Å²) in [6.45, 7) is 2.38. The molecule has 0 atom stereocenters. The number of hydrogen-bond donors (Lipinski definition) is 0. The van der Waals surface area contributed by atoms with Gasteiger partial charge in [0, 0.05) is 18.8 Å². The first-order valence-electron chi connectivity index (χ1n) is 8.97. The second kappa shape index (κ2) is 9.06. The molecule has 0 bridgehead atoms. The summed E-state index contributed by atoms with van der Waals surface area (Å²) in [4.78, 5) is 16.4. The van der Waals surface area contributed by atoms with Gasteiger partial charge in [-0.15, -0.1) is 0 Å². The normalized spacial score (nSPS) is 12.5. The van der Waals surface area contributed by atoms with Crippen LogP contribution in [0.3, 0.4) is 0 Å². The molecular formula is C21H23N3O3. The van der Waals surface area contributed by atoms with Crippen LogP contribution in [0.2, 0.25) is 0 Å². The SMILES string of the molecule is CN(CC(=O)N(CCC#N)c1ccccc1)Cc1ccc2c(c1)OCCO2. The van der Waals surface area contributed by atoms with E-state index in [9.17, 15) is 4.79 Å². The summed E-state index contributed by atoms with van der Waals surface area (Å²) in [7, 11) is 1.90. The van der Waals surface area contributed by atoms with Crippen molar-refractivity contribution in [1.82, 2.24) is 4.90 Å². The van der Waals surface area contributed by atoms with Crippen LogP contribution >= 0.6 is 0 Å². The van der Waals surface area contributed by atoms with E-state index in [1.165, 1.54) is 0 Å². The summed E-state index contributed by atoms with van der Waals surface area (Å²) in [6, 6.07) is 17.4. The van der Waals surface area contributed by atoms with E-state index in [4.69, 9.17) is 14.7 Å². The lowest BCUT2D eigenvalue weighted by molar-refractivity contribution is -0.119. The van der Waals surface area contributed by atoms with Crippen molar-refractivity contribution in [1.29, 1.82) is 5.26 Å². The zero-order chi connectivity index (χ0) is 19.1. The molecule has 140 valence electrons. The molecule has 2 aromatic carbocycles. The Labute approximate surface area is 159 Å². The van der Waals surface area contributed by atoms with Crippen LogP contribution < -0.4 is 14.4 Å². The maximum absolute atomic E-state index is 12.8. The van der Waals surface area contributed by atoms with Gasteiger partial charge in [-0.05, 0) is 36.9 Å². The van der Waals surface area contributed by atoms with Crippen LogP contribution in [0, 0.1) is 11.3 Å². The van der Waals surface area contributed by atoms with E-state index in [1.807, 2.05) is 60.5 Å². The molecule has 6 nitrogen and oxygen atoms in total. The molecule has 0 fully saturated rings. The van der Waals surface area contributed by atoms with E-state index in [2.05, 4.69) is 6.07 Å². The summed E-state index contributed by atoms with van der Waals surface area (Å²) in [5.74, 6) is 1.48. The van der Waals surface area contributed by atoms with Gasteiger partial charge >= 0.3 is 0 Å². The molecule has 0 aromatic heterocycles. The minimum Gasteiger partial charge on any atom is -0.486 e. The van der Waals surface area contributed by atoms with Gasteiger partial charge < -0.3 is 14.4 Å². The summed E-state index contributed by atoms with van der Waals surface area (Å²) < 4.78 is 11.2. The van der Waals surface area contributed by atoms with Gasteiger partial charge in [-0.3, -0.25) is 9.69 Å². The molecule has 1 amide bonds. The number of benzene rings is 2. The number of ether oxygens (including phenoxy) is 2. The third-order valence-corrected chi connectivity index (χ3v) is 4.28. The Balaban J connectivity index is 1.64. The molecule has 1 aliphatic heterocycles. The Morgan fingerprint density at radius 3 is 2.59 bits per heavy atom. The van der Waals surface area contributed by atoms with Crippen LogP contribution in [0.5, 0.6) is 11.5 Å². The van der Waals surface area contributed by atoms with Gasteiger partial charge in [0.25, 0.3) is 0 Å². The fourth-order valence-electron chi connectivity index (χ4n) is 3.04. The number of carbonyl (C=O) groups excluding carboxylic acids is 1. The second-order valence-electron chi connectivity index (χ2n) is 6.44. The Morgan fingerprint density at radius 2 is 1.85 bits per heavy atom. The van der Waals surface area contributed by atoms with Crippen molar-refractivity contribution in [3.63, 3.8) is 0 Å². The number of nitrogens with zero attached hydrogens (tertiary/aromatic N) is 3. The molecule has 6 heteroatoms. The Hall–Kier alpha value is -3.04. The summed E-state index contributed by atoms with van der Waals surface area (Å²) in [5.41, 5.74) is 1.86. The molecule has 0 saturated carbocycles. The molecule has 0 N–H and O–H groups in total. The highest BCUT2D eigenvalue weighted by molar-refractivity contribution is 5.94. The van der Waals surface area contributed by atoms with Gasteiger partial charge in [0.05, 0.1) is 19.0 Å². The van der Waals surface area contributed by atoms with Crippen molar-refractivity contribution in [3.8, 4) is 17.6 Å². The van der Waals surface area contributed by atoms with Crippen LogP contribution in [0.4, 0.5) is 5.69 Å². The zero-order valence-electron chi connectivity index (χ0n) is 15.4. The molecule has 0 radical (unpaired) electrons. The first-order valence-corrected chi connectivity index (χ1v) is 8.97. The van der Waals surface area contributed by atoms with Crippen molar-refractivity contribution in [2.24, 2.45) is 0 Å². The van der Waals surface area contributed by atoms with Crippen LogP contribution in [0.1, 0.15) is 12.0 Å². The number of amides is 1.